The Hall–Kier alpha value is -2.11. The summed E-state index contributed by atoms with van der Waals surface area (Å²) in [4.78, 5) is 36.7. The van der Waals surface area contributed by atoms with E-state index in [9.17, 15) is 14.4 Å². The summed E-state index contributed by atoms with van der Waals surface area (Å²) in [5.74, 6) is -0.961. The van der Waals surface area contributed by atoms with Gasteiger partial charge in [0.25, 0.3) is 0 Å². The minimum Gasteiger partial charge on any atom is -0.462 e. The largest absolute Gasteiger partial charge is 0.462 e. The summed E-state index contributed by atoms with van der Waals surface area (Å²) in [6, 6.07) is 0. The highest BCUT2D eigenvalue weighted by Gasteiger charge is 2.19. The average Bonchev–Trinajstić information content (AvgIpc) is 3.09. The number of unbranched alkanes of at least 4 members (excludes halogenated alkanes) is 22. The molecule has 0 atom stereocenters. The minimum atomic E-state index is -0.768. The molecule has 0 radical (unpaired) electrons. The van der Waals surface area contributed by atoms with Crippen LogP contribution in [0.2, 0.25) is 0 Å². The fraction of sp³-hybridized carbons (Fsp3) is 0.837. The molecule has 0 amide bonds. The lowest BCUT2D eigenvalue weighted by Crippen LogP contribution is -2.30. The first-order valence-electron chi connectivity index (χ1n) is 20.8. The molecule has 0 saturated carbocycles. The molecule has 0 aliphatic heterocycles. The molecule has 0 saturated heterocycles. The Bertz CT molecular complexity index is 748. The second kappa shape index (κ2) is 38.7. The van der Waals surface area contributed by atoms with Crippen LogP contribution in [-0.4, -0.2) is 37.2 Å². The SMILES string of the molecule is CCCCCCCC/C=C\CCCCCCCC(=O)OCC(COC(=O)CCCCCCC/C=C\CCCCCCCC)OC(=O)CCC. The van der Waals surface area contributed by atoms with E-state index in [0.29, 0.717) is 19.3 Å². The number of hydrogen-bond acceptors (Lipinski definition) is 6. The second-order valence-corrected chi connectivity index (χ2v) is 13.9. The van der Waals surface area contributed by atoms with E-state index in [0.717, 1.165) is 51.4 Å². The van der Waals surface area contributed by atoms with Crippen LogP contribution in [0.25, 0.3) is 0 Å². The molecule has 0 spiro atoms. The van der Waals surface area contributed by atoms with Gasteiger partial charge in [-0.3, -0.25) is 14.4 Å². The third kappa shape index (κ3) is 37.0. The van der Waals surface area contributed by atoms with Gasteiger partial charge < -0.3 is 14.2 Å². The molecule has 0 fully saturated rings. The van der Waals surface area contributed by atoms with Crippen molar-refractivity contribution in [3.63, 3.8) is 0 Å². The normalized spacial score (nSPS) is 11.6. The maximum absolute atomic E-state index is 12.3. The number of esters is 3. The molecule has 0 unspecified atom stereocenters. The predicted molar refractivity (Wildman–Crippen MR) is 206 cm³/mol. The number of allylic oxidation sites excluding steroid dienone is 4. The molecular formula is C43H78O6. The van der Waals surface area contributed by atoms with Gasteiger partial charge in [-0.1, -0.05) is 148 Å². The molecule has 0 bridgehead atoms. The summed E-state index contributed by atoms with van der Waals surface area (Å²) < 4.78 is 16.3. The van der Waals surface area contributed by atoms with Crippen molar-refractivity contribution in [3.8, 4) is 0 Å². The van der Waals surface area contributed by atoms with E-state index in [-0.39, 0.29) is 37.5 Å². The third-order valence-corrected chi connectivity index (χ3v) is 8.90. The Morgan fingerprint density at radius 1 is 0.388 bits per heavy atom. The van der Waals surface area contributed by atoms with Crippen LogP contribution in [0.3, 0.4) is 0 Å². The number of carbonyl (C=O) groups excluding carboxylic acids is 3. The van der Waals surface area contributed by atoms with Gasteiger partial charge in [0.2, 0.25) is 0 Å². The Kier molecular flexibility index (Phi) is 37.0. The highest BCUT2D eigenvalue weighted by Crippen LogP contribution is 2.13. The number of rotatable bonds is 37. The molecule has 0 rings (SSSR count). The lowest BCUT2D eigenvalue weighted by molar-refractivity contribution is -0.166. The number of hydrogen-bond donors (Lipinski definition) is 0. The van der Waals surface area contributed by atoms with Gasteiger partial charge >= 0.3 is 17.9 Å². The zero-order valence-corrected chi connectivity index (χ0v) is 32.5. The van der Waals surface area contributed by atoms with Crippen LogP contribution in [0, 0.1) is 0 Å². The van der Waals surface area contributed by atoms with E-state index in [2.05, 4.69) is 38.2 Å². The van der Waals surface area contributed by atoms with Crippen molar-refractivity contribution >= 4 is 17.9 Å². The molecule has 0 aromatic rings. The number of carbonyl (C=O) groups is 3. The summed E-state index contributed by atoms with van der Waals surface area (Å²) in [6.45, 7) is 6.25. The molecular weight excluding hydrogens is 612 g/mol. The van der Waals surface area contributed by atoms with E-state index in [1.807, 2.05) is 6.92 Å². The van der Waals surface area contributed by atoms with Crippen molar-refractivity contribution in [2.45, 2.75) is 219 Å². The Labute approximate surface area is 303 Å². The standard InChI is InChI=1S/C43H78O6/c1-4-7-9-11-13-15-17-19-21-23-25-27-29-31-33-36-41(44)47-38-40(49-43(46)35-6-3)39-48-42(45)37-34-32-30-28-26-24-22-20-18-16-14-12-10-8-5-2/h19-22,40H,4-18,23-39H2,1-3H3/b21-19-,22-20-. The van der Waals surface area contributed by atoms with Crippen LogP contribution < -0.4 is 0 Å². The van der Waals surface area contributed by atoms with Crippen molar-refractivity contribution in [2.75, 3.05) is 13.2 Å². The van der Waals surface area contributed by atoms with Crippen LogP contribution in [0.15, 0.2) is 24.3 Å². The van der Waals surface area contributed by atoms with E-state index in [4.69, 9.17) is 14.2 Å². The maximum Gasteiger partial charge on any atom is 0.306 e. The summed E-state index contributed by atoms with van der Waals surface area (Å²) in [5, 5.41) is 0. The Morgan fingerprint density at radius 3 is 1.06 bits per heavy atom. The van der Waals surface area contributed by atoms with Gasteiger partial charge in [0, 0.05) is 19.3 Å². The summed E-state index contributed by atoms with van der Waals surface area (Å²) in [5.41, 5.74) is 0. The van der Waals surface area contributed by atoms with E-state index in [1.54, 1.807) is 0 Å². The highest BCUT2D eigenvalue weighted by atomic mass is 16.6. The van der Waals surface area contributed by atoms with Gasteiger partial charge in [0.1, 0.15) is 13.2 Å². The van der Waals surface area contributed by atoms with Crippen molar-refractivity contribution in [3.05, 3.63) is 24.3 Å². The first-order valence-corrected chi connectivity index (χ1v) is 20.8. The summed E-state index contributed by atoms with van der Waals surface area (Å²) >= 11 is 0. The first-order chi connectivity index (χ1) is 24.0. The second-order valence-electron chi connectivity index (χ2n) is 13.9. The maximum atomic E-state index is 12.3. The Balaban J connectivity index is 3.94. The molecule has 0 aliphatic rings. The first kappa shape index (κ1) is 46.9. The quantitative estimate of drug-likeness (QED) is 0.0279. The van der Waals surface area contributed by atoms with Crippen molar-refractivity contribution < 1.29 is 28.6 Å². The highest BCUT2D eigenvalue weighted by molar-refractivity contribution is 5.71. The van der Waals surface area contributed by atoms with Gasteiger partial charge in [0.15, 0.2) is 6.10 Å². The van der Waals surface area contributed by atoms with Crippen molar-refractivity contribution in [2.24, 2.45) is 0 Å². The zero-order valence-electron chi connectivity index (χ0n) is 32.5. The molecule has 0 aromatic carbocycles. The zero-order chi connectivity index (χ0) is 35.9. The molecule has 0 N–H and O–H groups in total. The van der Waals surface area contributed by atoms with Crippen LogP contribution in [-0.2, 0) is 28.6 Å². The monoisotopic (exact) mass is 691 g/mol. The predicted octanol–water partition coefficient (Wildman–Crippen LogP) is 12.9. The van der Waals surface area contributed by atoms with Crippen LogP contribution in [0.1, 0.15) is 213 Å². The van der Waals surface area contributed by atoms with E-state index < -0.39 is 6.10 Å². The van der Waals surface area contributed by atoms with Crippen molar-refractivity contribution in [1.82, 2.24) is 0 Å². The minimum absolute atomic E-state index is 0.0833. The van der Waals surface area contributed by atoms with Gasteiger partial charge in [-0.25, -0.2) is 0 Å². The van der Waals surface area contributed by atoms with E-state index in [1.165, 1.54) is 116 Å². The molecule has 49 heavy (non-hydrogen) atoms. The fourth-order valence-corrected chi connectivity index (χ4v) is 5.76. The molecule has 0 aromatic heterocycles. The lowest BCUT2D eigenvalue weighted by atomic mass is 10.1. The van der Waals surface area contributed by atoms with Crippen molar-refractivity contribution in [1.29, 1.82) is 0 Å². The fourth-order valence-electron chi connectivity index (χ4n) is 5.76. The number of ether oxygens (including phenoxy) is 3. The topological polar surface area (TPSA) is 78.9 Å². The van der Waals surface area contributed by atoms with Crippen LogP contribution >= 0.6 is 0 Å². The average molecular weight is 691 g/mol. The van der Waals surface area contributed by atoms with Gasteiger partial charge in [-0.05, 0) is 70.6 Å². The lowest BCUT2D eigenvalue weighted by Gasteiger charge is -2.18. The summed E-state index contributed by atoms with van der Waals surface area (Å²) in [6.07, 6.45) is 41.6. The van der Waals surface area contributed by atoms with Crippen LogP contribution in [0.5, 0.6) is 0 Å². The molecule has 6 heteroatoms. The Morgan fingerprint density at radius 2 is 0.714 bits per heavy atom. The molecule has 0 aliphatic carbocycles. The van der Waals surface area contributed by atoms with Gasteiger partial charge in [-0.15, -0.1) is 0 Å². The van der Waals surface area contributed by atoms with Gasteiger partial charge in [-0.2, -0.15) is 0 Å². The van der Waals surface area contributed by atoms with E-state index >= 15 is 0 Å². The van der Waals surface area contributed by atoms with Crippen LogP contribution in [0.4, 0.5) is 0 Å². The molecule has 6 nitrogen and oxygen atoms in total. The summed E-state index contributed by atoms with van der Waals surface area (Å²) in [7, 11) is 0. The molecule has 286 valence electrons. The van der Waals surface area contributed by atoms with Gasteiger partial charge in [0.05, 0.1) is 0 Å². The molecule has 0 heterocycles. The third-order valence-electron chi connectivity index (χ3n) is 8.90. The smallest absolute Gasteiger partial charge is 0.306 e.